The summed E-state index contributed by atoms with van der Waals surface area (Å²) >= 11 is 8.69. The predicted molar refractivity (Wildman–Crippen MR) is 89.2 cm³/mol. The van der Waals surface area contributed by atoms with E-state index in [2.05, 4.69) is 5.32 Å². The van der Waals surface area contributed by atoms with E-state index in [0.29, 0.717) is 10.9 Å². The monoisotopic (exact) mass is 359 g/mol. The molecule has 22 heavy (non-hydrogen) atoms. The minimum Gasteiger partial charge on any atom is -0.374 e. The number of thioether (sulfide) groups is 1. The average Bonchev–Trinajstić information content (AvgIpc) is 2.94. The van der Waals surface area contributed by atoms with E-state index < -0.39 is 0 Å². The van der Waals surface area contributed by atoms with E-state index in [4.69, 9.17) is 16.3 Å². The van der Waals surface area contributed by atoms with Gasteiger partial charge >= 0.3 is 0 Å². The Kier molecular flexibility index (Phi) is 6.70. The van der Waals surface area contributed by atoms with Crippen molar-refractivity contribution < 1.29 is 13.9 Å². The smallest absolute Gasteiger partial charge is 0.230 e. The molecule has 118 valence electrons. The Morgan fingerprint density at radius 1 is 1.36 bits per heavy atom. The molecule has 1 heterocycles. The number of methoxy groups -OCH3 is 1. The summed E-state index contributed by atoms with van der Waals surface area (Å²) in [5, 5.41) is 2.83. The highest BCUT2D eigenvalue weighted by atomic mass is 35.5. The number of hydrogen-bond donors (Lipinski definition) is 1. The zero-order valence-corrected chi connectivity index (χ0v) is 14.2. The van der Waals surface area contributed by atoms with Crippen LogP contribution in [0.15, 0.2) is 41.3 Å². The van der Waals surface area contributed by atoms with Gasteiger partial charge in [-0.25, -0.2) is 4.39 Å². The number of rotatable bonds is 7. The van der Waals surface area contributed by atoms with Crippen LogP contribution in [0.25, 0.3) is 0 Å². The standard InChI is InChI=1S/C15H15ClFNO2S2/c1-20-12(13-6-7-14(16)22-13)8-18-15(19)9-21-11-4-2-10(17)3-5-11/h2-7,12H,8-9H2,1H3,(H,18,19)/t12-/m1/s1. The SMILES string of the molecule is CO[C@H](CNC(=O)CSc1ccc(F)cc1)c1ccc(Cl)s1. The molecular weight excluding hydrogens is 345 g/mol. The minimum absolute atomic E-state index is 0.0981. The Balaban J connectivity index is 1.78. The summed E-state index contributed by atoms with van der Waals surface area (Å²) in [6.45, 7) is 0.385. The first-order chi connectivity index (χ1) is 10.6. The van der Waals surface area contributed by atoms with Gasteiger partial charge < -0.3 is 10.1 Å². The van der Waals surface area contributed by atoms with E-state index in [1.54, 1.807) is 25.3 Å². The van der Waals surface area contributed by atoms with Crippen LogP contribution >= 0.6 is 34.7 Å². The number of halogens is 2. The highest BCUT2D eigenvalue weighted by Gasteiger charge is 2.14. The van der Waals surface area contributed by atoms with Gasteiger partial charge in [-0.15, -0.1) is 23.1 Å². The molecule has 7 heteroatoms. The summed E-state index contributed by atoms with van der Waals surface area (Å²) in [5.74, 6) is -0.113. The fourth-order valence-electron chi connectivity index (χ4n) is 1.74. The van der Waals surface area contributed by atoms with Crippen molar-refractivity contribution in [3.8, 4) is 0 Å². The van der Waals surface area contributed by atoms with Crippen LogP contribution in [0.3, 0.4) is 0 Å². The topological polar surface area (TPSA) is 38.3 Å². The van der Waals surface area contributed by atoms with Crippen molar-refractivity contribution >= 4 is 40.6 Å². The van der Waals surface area contributed by atoms with Crippen LogP contribution in [0.2, 0.25) is 4.34 Å². The zero-order valence-electron chi connectivity index (χ0n) is 11.8. The molecule has 1 aromatic carbocycles. The van der Waals surface area contributed by atoms with Crippen molar-refractivity contribution in [2.75, 3.05) is 19.4 Å². The number of carbonyl (C=O) groups is 1. The Bertz CT molecular complexity index is 618. The molecule has 0 radical (unpaired) electrons. The third-order valence-electron chi connectivity index (χ3n) is 2.86. The number of nitrogens with one attached hydrogen (secondary N) is 1. The van der Waals surface area contributed by atoms with Crippen molar-refractivity contribution in [1.82, 2.24) is 5.32 Å². The van der Waals surface area contributed by atoms with Crippen LogP contribution < -0.4 is 5.32 Å². The molecule has 2 aromatic rings. The van der Waals surface area contributed by atoms with Crippen LogP contribution in [0.1, 0.15) is 11.0 Å². The lowest BCUT2D eigenvalue weighted by atomic mass is 10.3. The van der Waals surface area contributed by atoms with Gasteiger partial charge in [-0.1, -0.05) is 11.6 Å². The molecule has 0 saturated heterocycles. The lowest BCUT2D eigenvalue weighted by Gasteiger charge is -2.14. The second kappa shape index (κ2) is 8.53. The summed E-state index contributed by atoms with van der Waals surface area (Å²) in [5.41, 5.74) is 0. The number of ether oxygens (including phenoxy) is 1. The van der Waals surface area contributed by atoms with Crippen LogP contribution in [-0.4, -0.2) is 25.3 Å². The highest BCUT2D eigenvalue weighted by Crippen LogP contribution is 2.28. The van der Waals surface area contributed by atoms with Gasteiger partial charge in [-0.3, -0.25) is 4.79 Å². The molecule has 2 rings (SSSR count). The Hall–Kier alpha value is -1.08. The molecule has 3 nitrogen and oxygen atoms in total. The van der Waals surface area contributed by atoms with Crippen LogP contribution in [-0.2, 0) is 9.53 Å². The normalized spacial score (nSPS) is 12.1. The van der Waals surface area contributed by atoms with E-state index in [9.17, 15) is 9.18 Å². The molecule has 0 saturated carbocycles. The fourth-order valence-corrected chi connectivity index (χ4v) is 3.61. The van der Waals surface area contributed by atoms with Gasteiger partial charge in [0.05, 0.1) is 10.1 Å². The van der Waals surface area contributed by atoms with Crippen LogP contribution in [0.4, 0.5) is 4.39 Å². The summed E-state index contributed by atoms with van der Waals surface area (Å²) < 4.78 is 18.8. The molecule has 1 aromatic heterocycles. The maximum absolute atomic E-state index is 12.8. The number of carbonyl (C=O) groups excluding carboxylic acids is 1. The van der Waals surface area contributed by atoms with Gasteiger partial charge in [0.25, 0.3) is 0 Å². The second-order valence-electron chi connectivity index (χ2n) is 4.41. The molecule has 1 N–H and O–H groups in total. The number of amides is 1. The summed E-state index contributed by atoms with van der Waals surface area (Å²) in [6.07, 6.45) is -0.211. The first-order valence-electron chi connectivity index (χ1n) is 6.51. The Morgan fingerprint density at radius 3 is 2.68 bits per heavy atom. The third kappa shape index (κ3) is 5.28. The quantitative estimate of drug-likeness (QED) is 0.755. The molecule has 0 fully saturated rings. The molecule has 0 aliphatic rings. The van der Waals surface area contributed by atoms with Gasteiger partial charge in [0.1, 0.15) is 11.9 Å². The van der Waals surface area contributed by atoms with E-state index in [1.807, 2.05) is 6.07 Å². The van der Waals surface area contributed by atoms with Gasteiger partial charge in [0.15, 0.2) is 0 Å². The van der Waals surface area contributed by atoms with Gasteiger partial charge in [0.2, 0.25) is 5.91 Å². The van der Waals surface area contributed by atoms with E-state index >= 15 is 0 Å². The maximum Gasteiger partial charge on any atom is 0.230 e. The Labute approximate surface area is 141 Å². The minimum atomic E-state index is -0.286. The van der Waals surface area contributed by atoms with Crippen molar-refractivity contribution in [3.63, 3.8) is 0 Å². The molecule has 0 aliphatic carbocycles. The van der Waals surface area contributed by atoms with E-state index in [0.717, 1.165) is 9.77 Å². The summed E-state index contributed by atoms with van der Waals surface area (Å²) in [7, 11) is 1.59. The molecule has 0 aliphatic heterocycles. The van der Waals surface area contributed by atoms with Crippen molar-refractivity contribution in [1.29, 1.82) is 0 Å². The zero-order chi connectivity index (χ0) is 15.9. The molecule has 0 bridgehead atoms. The van der Waals surface area contributed by atoms with Crippen molar-refractivity contribution in [3.05, 3.63) is 51.4 Å². The maximum atomic E-state index is 12.8. The largest absolute Gasteiger partial charge is 0.374 e. The van der Waals surface area contributed by atoms with Gasteiger partial charge in [-0.2, -0.15) is 0 Å². The van der Waals surface area contributed by atoms with E-state index in [1.165, 1.54) is 35.2 Å². The summed E-state index contributed by atoms with van der Waals surface area (Å²) in [4.78, 5) is 13.7. The van der Waals surface area contributed by atoms with Crippen LogP contribution in [0.5, 0.6) is 0 Å². The molecular formula is C15H15ClFNO2S2. The molecule has 0 unspecified atom stereocenters. The number of hydrogen-bond acceptors (Lipinski definition) is 4. The van der Waals surface area contributed by atoms with Crippen molar-refractivity contribution in [2.24, 2.45) is 0 Å². The fraction of sp³-hybridized carbons (Fsp3) is 0.267. The summed E-state index contributed by atoms with van der Waals surface area (Å²) in [6, 6.07) is 9.75. The first kappa shape index (κ1) is 17.3. The van der Waals surface area contributed by atoms with Gasteiger partial charge in [0, 0.05) is 23.4 Å². The predicted octanol–water partition coefficient (Wildman–Crippen LogP) is 4.14. The third-order valence-corrected chi connectivity index (χ3v) is 5.20. The molecule has 0 spiro atoms. The average molecular weight is 360 g/mol. The lowest BCUT2D eigenvalue weighted by Crippen LogP contribution is -2.30. The highest BCUT2D eigenvalue weighted by molar-refractivity contribution is 8.00. The number of thiophene rings is 1. The lowest BCUT2D eigenvalue weighted by molar-refractivity contribution is -0.119. The number of benzene rings is 1. The first-order valence-corrected chi connectivity index (χ1v) is 8.69. The van der Waals surface area contributed by atoms with E-state index in [-0.39, 0.29) is 23.6 Å². The molecule has 1 atom stereocenters. The van der Waals surface area contributed by atoms with Crippen molar-refractivity contribution in [2.45, 2.75) is 11.0 Å². The second-order valence-corrected chi connectivity index (χ2v) is 7.21. The Morgan fingerprint density at radius 2 is 2.09 bits per heavy atom. The van der Waals surface area contributed by atoms with Crippen LogP contribution in [0, 0.1) is 5.82 Å². The van der Waals surface area contributed by atoms with Gasteiger partial charge in [-0.05, 0) is 36.4 Å². The molecule has 1 amide bonds.